The number of halogens is 5. The number of nitrogens with zero attached hydrogens (tertiary/aromatic N) is 2. The van der Waals surface area contributed by atoms with Crippen molar-refractivity contribution >= 4 is 22.5 Å². The lowest BCUT2D eigenvalue weighted by molar-refractivity contribution is -0.136. The van der Waals surface area contributed by atoms with Gasteiger partial charge < -0.3 is 9.47 Å². The molecule has 4 nitrogen and oxygen atoms in total. The second-order valence-corrected chi connectivity index (χ2v) is 8.66. The van der Waals surface area contributed by atoms with Gasteiger partial charge in [0.25, 0.3) is 0 Å². The van der Waals surface area contributed by atoms with Gasteiger partial charge in [0.1, 0.15) is 17.1 Å². The van der Waals surface area contributed by atoms with Crippen molar-refractivity contribution in [3.8, 4) is 28.5 Å². The van der Waals surface area contributed by atoms with E-state index >= 15 is 0 Å². The maximum absolute atomic E-state index is 14.6. The van der Waals surface area contributed by atoms with Crippen LogP contribution >= 0.6 is 11.6 Å². The van der Waals surface area contributed by atoms with Gasteiger partial charge in [0.2, 0.25) is 0 Å². The minimum absolute atomic E-state index is 0.0935. The molecule has 0 amide bonds. The van der Waals surface area contributed by atoms with Gasteiger partial charge in [0, 0.05) is 21.5 Å². The van der Waals surface area contributed by atoms with E-state index in [0.717, 1.165) is 12.1 Å². The van der Waals surface area contributed by atoms with Gasteiger partial charge in [-0.1, -0.05) is 41.9 Å². The first-order valence-corrected chi connectivity index (χ1v) is 11.5. The molecule has 1 heterocycles. The quantitative estimate of drug-likeness (QED) is 0.209. The molecule has 0 atom stereocenters. The zero-order valence-corrected chi connectivity index (χ0v) is 20.1. The van der Waals surface area contributed by atoms with Gasteiger partial charge in [-0.15, -0.1) is 0 Å². The fourth-order valence-electron chi connectivity index (χ4n) is 4.12. The van der Waals surface area contributed by atoms with Crippen LogP contribution in [0.25, 0.3) is 22.2 Å². The predicted octanol–water partition coefficient (Wildman–Crippen LogP) is 8.36. The van der Waals surface area contributed by atoms with Crippen LogP contribution in [-0.4, -0.2) is 16.9 Å². The monoisotopic (exact) mass is 526 g/mol. The van der Waals surface area contributed by atoms with Crippen molar-refractivity contribution in [1.29, 1.82) is 0 Å². The Morgan fingerprint density at radius 2 is 1.62 bits per heavy atom. The van der Waals surface area contributed by atoms with E-state index in [1.165, 1.54) is 30.0 Å². The number of methoxy groups -OCH3 is 1. The zero-order chi connectivity index (χ0) is 26.2. The van der Waals surface area contributed by atoms with Crippen LogP contribution in [0, 0.1) is 5.82 Å². The number of aromatic nitrogens is 2. The van der Waals surface area contributed by atoms with Gasteiger partial charge in [-0.2, -0.15) is 18.3 Å². The number of para-hydroxylation sites is 2. The zero-order valence-electron chi connectivity index (χ0n) is 19.4. The Hall–Kier alpha value is -4.04. The van der Waals surface area contributed by atoms with E-state index < -0.39 is 17.6 Å². The molecule has 9 heteroatoms. The molecule has 0 saturated carbocycles. The third kappa shape index (κ3) is 4.97. The molecular weight excluding hydrogens is 508 g/mol. The highest BCUT2D eigenvalue weighted by molar-refractivity contribution is 6.30. The van der Waals surface area contributed by atoms with Crippen LogP contribution in [0.1, 0.15) is 11.1 Å². The largest absolute Gasteiger partial charge is 0.493 e. The molecule has 0 aliphatic heterocycles. The number of benzene rings is 4. The standard InChI is InChI=1S/C28H19ClF4N2O2/c1-36-24-7-2-3-8-25(24)37-20-13-10-17(11-14-20)27-21-5-4-6-22(28(31,32)33)26(21)34-35(27)16-18-9-12-19(29)15-23(18)30/h2-15H,16H2,1H3. The van der Waals surface area contributed by atoms with E-state index in [0.29, 0.717) is 33.9 Å². The first-order valence-electron chi connectivity index (χ1n) is 11.2. The minimum Gasteiger partial charge on any atom is -0.493 e. The summed E-state index contributed by atoms with van der Waals surface area (Å²) in [6.07, 6.45) is -4.60. The van der Waals surface area contributed by atoms with Crippen molar-refractivity contribution in [3.05, 3.63) is 107 Å². The minimum atomic E-state index is -4.60. The number of hydrogen-bond acceptors (Lipinski definition) is 3. The topological polar surface area (TPSA) is 36.3 Å². The summed E-state index contributed by atoms with van der Waals surface area (Å²) in [5.74, 6) is 1.000. The molecule has 0 spiro atoms. The fourth-order valence-corrected chi connectivity index (χ4v) is 4.28. The number of ether oxygens (including phenoxy) is 2. The smallest absolute Gasteiger partial charge is 0.418 e. The Kier molecular flexibility index (Phi) is 6.52. The van der Waals surface area contributed by atoms with Gasteiger partial charge in [-0.25, -0.2) is 4.39 Å². The number of alkyl halides is 3. The third-order valence-electron chi connectivity index (χ3n) is 5.84. The van der Waals surface area contributed by atoms with E-state index in [2.05, 4.69) is 5.10 Å². The summed E-state index contributed by atoms with van der Waals surface area (Å²) >= 11 is 5.87. The molecule has 4 aromatic carbocycles. The van der Waals surface area contributed by atoms with E-state index in [-0.39, 0.29) is 22.6 Å². The van der Waals surface area contributed by atoms with E-state index in [1.54, 1.807) is 42.5 Å². The summed E-state index contributed by atoms with van der Waals surface area (Å²) in [7, 11) is 1.54. The van der Waals surface area contributed by atoms with Crippen molar-refractivity contribution in [2.75, 3.05) is 7.11 Å². The lowest BCUT2D eigenvalue weighted by Gasteiger charge is -2.12. The van der Waals surface area contributed by atoms with E-state index in [9.17, 15) is 17.6 Å². The Labute approximate surface area is 214 Å². The van der Waals surface area contributed by atoms with Crippen LogP contribution in [0.2, 0.25) is 5.02 Å². The first-order chi connectivity index (χ1) is 17.7. The summed E-state index contributed by atoms with van der Waals surface area (Å²) in [6, 6.07) is 22.0. The molecule has 0 aliphatic rings. The highest BCUT2D eigenvalue weighted by Gasteiger charge is 2.34. The number of fused-ring (bicyclic) bond motifs is 1. The summed E-state index contributed by atoms with van der Waals surface area (Å²) in [4.78, 5) is 0. The van der Waals surface area contributed by atoms with Crippen LogP contribution < -0.4 is 9.47 Å². The van der Waals surface area contributed by atoms with Crippen molar-refractivity contribution in [2.24, 2.45) is 0 Å². The molecule has 0 unspecified atom stereocenters. The molecule has 0 saturated heterocycles. The second kappa shape index (κ2) is 9.78. The van der Waals surface area contributed by atoms with Crippen LogP contribution in [-0.2, 0) is 12.7 Å². The number of hydrogen-bond donors (Lipinski definition) is 0. The maximum atomic E-state index is 14.6. The SMILES string of the molecule is COc1ccccc1Oc1ccc(-c2c3cccc(C(F)(F)F)c3nn2Cc2ccc(Cl)cc2F)cc1. The molecule has 0 fully saturated rings. The average Bonchev–Trinajstić information content (AvgIpc) is 3.24. The Balaban J connectivity index is 1.60. The molecule has 0 aliphatic carbocycles. The second-order valence-electron chi connectivity index (χ2n) is 8.22. The van der Waals surface area contributed by atoms with Crippen molar-refractivity contribution < 1.29 is 27.0 Å². The van der Waals surface area contributed by atoms with Crippen LogP contribution in [0.3, 0.4) is 0 Å². The lowest BCUT2D eigenvalue weighted by Crippen LogP contribution is -2.07. The van der Waals surface area contributed by atoms with Crippen LogP contribution in [0.4, 0.5) is 17.6 Å². The summed E-state index contributed by atoms with van der Waals surface area (Å²) in [5.41, 5.74) is 0.164. The third-order valence-corrected chi connectivity index (χ3v) is 6.07. The molecule has 5 aromatic rings. The molecule has 0 radical (unpaired) electrons. The Bertz CT molecular complexity index is 1580. The normalized spacial score (nSPS) is 11.6. The molecular formula is C28H19ClF4N2O2. The van der Waals surface area contributed by atoms with Crippen molar-refractivity contribution in [2.45, 2.75) is 12.7 Å². The van der Waals surface area contributed by atoms with Crippen LogP contribution in [0.5, 0.6) is 17.2 Å². The first kappa shape index (κ1) is 24.6. The molecule has 1 aromatic heterocycles. The highest BCUT2D eigenvalue weighted by Crippen LogP contribution is 2.39. The van der Waals surface area contributed by atoms with Gasteiger partial charge >= 0.3 is 6.18 Å². The Morgan fingerprint density at radius 1 is 0.892 bits per heavy atom. The van der Waals surface area contributed by atoms with Gasteiger partial charge in [-0.3, -0.25) is 4.68 Å². The lowest BCUT2D eigenvalue weighted by atomic mass is 10.0. The number of rotatable bonds is 6. The van der Waals surface area contributed by atoms with E-state index in [1.807, 2.05) is 12.1 Å². The van der Waals surface area contributed by atoms with Gasteiger partial charge in [-0.05, 0) is 54.6 Å². The molecule has 37 heavy (non-hydrogen) atoms. The van der Waals surface area contributed by atoms with Gasteiger partial charge in [0.15, 0.2) is 11.5 Å². The van der Waals surface area contributed by atoms with Crippen molar-refractivity contribution in [1.82, 2.24) is 9.78 Å². The average molecular weight is 527 g/mol. The molecule has 0 bridgehead atoms. The Morgan fingerprint density at radius 3 is 2.30 bits per heavy atom. The summed E-state index contributed by atoms with van der Waals surface area (Å²) in [6.45, 7) is -0.0935. The van der Waals surface area contributed by atoms with Crippen molar-refractivity contribution in [3.63, 3.8) is 0 Å². The van der Waals surface area contributed by atoms with Gasteiger partial charge in [0.05, 0.1) is 24.9 Å². The molecule has 5 rings (SSSR count). The maximum Gasteiger partial charge on any atom is 0.418 e. The van der Waals surface area contributed by atoms with E-state index in [4.69, 9.17) is 21.1 Å². The highest BCUT2D eigenvalue weighted by atomic mass is 35.5. The summed E-state index contributed by atoms with van der Waals surface area (Å²) in [5, 5.41) is 4.79. The molecule has 0 N–H and O–H groups in total. The molecule has 188 valence electrons. The predicted molar refractivity (Wildman–Crippen MR) is 134 cm³/mol. The van der Waals surface area contributed by atoms with Crippen LogP contribution in [0.15, 0.2) is 84.9 Å². The fraction of sp³-hybridized carbons (Fsp3) is 0.107. The summed E-state index contributed by atoms with van der Waals surface area (Å²) < 4.78 is 68.5.